The number of benzene rings is 1. The van der Waals surface area contributed by atoms with E-state index in [1.165, 1.54) is 54.1 Å². The van der Waals surface area contributed by atoms with Crippen molar-refractivity contribution < 1.29 is 0 Å². The molecule has 1 aliphatic rings. The van der Waals surface area contributed by atoms with Crippen molar-refractivity contribution in [2.45, 2.75) is 65.0 Å². The van der Waals surface area contributed by atoms with Crippen LogP contribution in [0.15, 0.2) is 22.7 Å². The van der Waals surface area contributed by atoms with Crippen LogP contribution in [0.3, 0.4) is 0 Å². The highest BCUT2D eigenvalue weighted by Crippen LogP contribution is 2.25. The van der Waals surface area contributed by atoms with Gasteiger partial charge in [-0.3, -0.25) is 0 Å². The van der Waals surface area contributed by atoms with Gasteiger partial charge >= 0.3 is 0 Å². The summed E-state index contributed by atoms with van der Waals surface area (Å²) in [4.78, 5) is 0. The lowest BCUT2D eigenvalue weighted by atomic mass is 9.93. The summed E-state index contributed by atoms with van der Waals surface area (Å²) in [5, 5.41) is 3.73. The van der Waals surface area contributed by atoms with E-state index in [0.717, 1.165) is 12.5 Å². The molecule has 0 unspecified atom stereocenters. The third-order valence-electron chi connectivity index (χ3n) is 4.46. The maximum absolute atomic E-state index is 3.73. The molecule has 1 fully saturated rings. The Morgan fingerprint density at radius 1 is 1.21 bits per heavy atom. The predicted octanol–water partition coefficient (Wildman–Crippen LogP) is 5.21. The second-order valence-electron chi connectivity index (χ2n) is 6.00. The van der Waals surface area contributed by atoms with E-state index >= 15 is 0 Å². The highest BCUT2D eigenvalue weighted by molar-refractivity contribution is 9.10. The van der Waals surface area contributed by atoms with Gasteiger partial charge in [0.2, 0.25) is 0 Å². The number of aryl methyl sites for hydroxylation is 1. The first-order chi connectivity index (χ1) is 9.16. The quantitative estimate of drug-likeness (QED) is 0.750. The van der Waals surface area contributed by atoms with Gasteiger partial charge in [0.25, 0.3) is 0 Å². The summed E-state index contributed by atoms with van der Waals surface area (Å²) in [5.41, 5.74) is 2.71. The fraction of sp³-hybridized carbons (Fsp3) is 0.647. The Hall–Kier alpha value is -0.340. The molecule has 0 saturated heterocycles. The van der Waals surface area contributed by atoms with Crippen molar-refractivity contribution in [1.29, 1.82) is 0 Å². The smallest absolute Gasteiger partial charge is 0.0208 e. The summed E-state index contributed by atoms with van der Waals surface area (Å²) in [6.07, 6.45) is 8.55. The van der Waals surface area contributed by atoms with E-state index < -0.39 is 0 Å². The Morgan fingerprint density at radius 2 is 1.89 bits per heavy atom. The zero-order valence-corrected chi connectivity index (χ0v) is 13.8. The van der Waals surface area contributed by atoms with Crippen molar-refractivity contribution in [1.82, 2.24) is 5.32 Å². The van der Waals surface area contributed by atoms with Crippen molar-refractivity contribution in [2.24, 2.45) is 5.92 Å². The monoisotopic (exact) mass is 323 g/mol. The molecule has 0 spiro atoms. The van der Waals surface area contributed by atoms with Crippen LogP contribution in [0.2, 0.25) is 0 Å². The summed E-state index contributed by atoms with van der Waals surface area (Å²) >= 11 is 3.56. The van der Waals surface area contributed by atoms with E-state index in [1.54, 1.807) is 0 Å². The Labute approximate surface area is 126 Å². The SMILES string of the molecule is Cc1cc(CN[C@H](C)C2CCCCCC2)ccc1Br. The van der Waals surface area contributed by atoms with Gasteiger partial charge < -0.3 is 5.32 Å². The zero-order valence-electron chi connectivity index (χ0n) is 12.2. The molecular formula is C17H26BrN. The molecule has 1 N–H and O–H groups in total. The first kappa shape index (κ1) is 15.1. The van der Waals surface area contributed by atoms with Gasteiger partial charge in [-0.05, 0) is 49.8 Å². The predicted molar refractivity (Wildman–Crippen MR) is 86.4 cm³/mol. The largest absolute Gasteiger partial charge is 0.310 e. The molecular weight excluding hydrogens is 298 g/mol. The highest BCUT2D eigenvalue weighted by atomic mass is 79.9. The summed E-state index contributed by atoms with van der Waals surface area (Å²) < 4.78 is 1.20. The van der Waals surface area contributed by atoms with E-state index in [2.05, 4.69) is 53.3 Å². The van der Waals surface area contributed by atoms with Crippen molar-refractivity contribution >= 4 is 15.9 Å². The lowest BCUT2D eigenvalue weighted by Crippen LogP contribution is -2.32. The van der Waals surface area contributed by atoms with Gasteiger partial charge in [-0.25, -0.2) is 0 Å². The van der Waals surface area contributed by atoms with Gasteiger partial charge in [-0.2, -0.15) is 0 Å². The molecule has 0 aliphatic heterocycles. The molecule has 19 heavy (non-hydrogen) atoms. The minimum Gasteiger partial charge on any atom is -0.310 e. The van der Waals surface area contributed by atoms with Crippen LogP contribution < -0.4 is 5.32 Å². The van der Waals surface area contributed by atoms with Crippen LogP contribution in [0.1, 0.15) is 56.6 Å². The molecule has 1 aromatic rings. The first-order valence-electron chi connectivity index (χ1n) is 7.65. The molecule has 1 nitrogen and oxygen atoms in total. The van der Waals surface area contributed by atoms with Gasteiger partial charge in [-0.1, -0.05) is 53.7 Å². The fourth-order valence-electron chi connectivity index (χ4n) is 3.07. The Kier molecular flexibility index (Phi) is 5.90. The molecule has 1 atom stereocenters. The molecule has 1 saturated carbocycles. The molecule has 0 bridgehead atoms. The van der Waals surface area contributed by atoms with Gasteiger partial charge in [0.1, 0.15) is 0 Å². The number of halogens is 1. The normalized spacial score (nSPS) is 19.1. The second kappa shape index (κ2) is 7.44. The maximum Gasteiger partial charge on any atom is 0.0208 e. The highest BCUT2D eigenvalue weighted by Gasteiger charge is 2.18. The van der Waals surface area contributed by atoms with E-state index in [1.807, 2.05) is 0 Å². The van der Waals surface area contributed by atoms with Crippen LogP contribution in [-0.4, -0.2) is 6.04 Å². The van der Waals surface area contributed by atoms with Crippen LogP contribution in [0.5, 0.6) is 0 Å². The molecule has 106 valence electrons. The summed E-state index contributed by atoms with van der Waals surface area (Å²) in [6, 6.07) is 7.28. The molecule has 0 amide bonds. The van der Waals surface area contributed by atoms with E-state index in [-0.39, 0.29) is 0 Å². The summed E-state index contributed by atoms with van der Waals surface area (Å²) in [6.45, 7) is 5.51. The molecule has 0 aromatic heterocycles. The third kappa shape index (κ3) is 4.61. The third-order valence-corrected chi connectivity index (χ3v) is 5.35. The van der Waals surface area contributed by atoms with Gasteiger partial charge in [0, 0.05) is 17.1 Å². The van der Waals surface area contributed by atoms with Crippen LogP contribution in [-0.2, 0) is 6.54 Å². The summed E-state index contributed by atoms with van der Waals surface area (Å²) in [5.74, 6) is 0.874. The molecule has 2 heteroatoms. The van der Waals surface area contributed by atoms with E-state index in [4.69, 9.17) is 0 Å². The zero-order chi connectivity index (χ0) is 13.7. The number of hydrogen-bond acceptors (Lipinski definition) is 1. The number of rotatable bonds is 4. The van der Waals surface area contributed by atoms with E-state index in [9.17, 15) is 0 Å². The maximum atomic E-state index is 3.73. The Bertz CT molecular complexity index is 394. The molecule has 1 aliphatic carbocycles. The molecule has 1 aromatic carbocycles. The van der Waals surface area contributed by atoms with Crippen molar-refractivity contribution in [2.75, 3.05) is 0 Å². The standard InChI is InChI=1S/C17H26BrN/c1-13-11-15(9-10-17(13)18)12-19-14(2)16-7-5-3-4-6-8-16/h9-11,14,16,19H,3-8,12H2,1-2H3/t14-/m1/s1. The lowest BCUT2D eigenvalue weighted by molar-refractivity contribution is 0.336. The van der Waals surface area contributed by atoms with Gasteiger partial charge in [0.15, 0.2) is 0 Å². The molecule has 2 rings (SSSR count). The topological polar surface area (TPSA) is 12.0 Å². The average Bonchev–Trinajstić information content (AvgIpc) is 2.69. The fourth-order valence-corrected chi connectivity index (χ4v) is 3.32. The minimum absolute atomic E-state index is 0.641. The Balaban J connectivity index is 1.84. The first-order valence-corrected chi connectivity index (χ1v) is 8.44. The van der Waals surface area contributed by atoms with Crippen LogP contribution in [0, 0.1) is 12.8 Å². The lowest BCUT2D eigenvalue weighted by Gasteiger charge is -2.23. The second-order valence-corrected chi connectivity index (χ2v) is 6.86. The Morgan fingerprint density at radius 3 is 2.53 bits per heavy atom. The minimum atomic E-state index is 0.641. The van der Waals surface area contributed by atoms with Crippen LogP contribution in [0.25, 0.3) is 0 Å². The van der Waals surface area contributed by atoms with Crippen LogP contribution >= 0.6 is 15.9 Å². The molecule has 0 heterocycles. The van der Waals surface area contributed by atoms with Crippen LogP contribution in [0.4, 0.5) is 0 Å². The van der Waals surface area contributed by atoms with Crippen molar-refractivity contribution in [3.63, 3.8) is 0 Å². The number of hydrogen-bond donors (Lipinski definition) is 1. The number of nitrogens with one attached hydrogen (secondary N) is 1. The van der Waals surface area contributed by atoms with E-state index in [0.29, 0.717) is 6.04 Å². The molecule has 0 radical (unpaired) electrons. The van der Waals surface area contributed by atoms with Crippen molar-refractivity contribution in [3.05, 3.63) is 33.8 Å². The van der Waals surface area contributed by atoms with Crippen molar-refractivity contribution in [3.8, 4) is 0 Å². The van der Waals surface area contributed by atoms with Gasteiger partial charge in [0.05, 0.1) is 0 Å². The van der Waals surface area contributed by atoms with Gasteiger partial charge in [-0.15, -0.1) is 0 Å². The summed E-state index contributed by atoms with van der Waals surface area (Å²) in [7, 11) is 0. The average molecular weight is 324 g/mol.